The lowest BCUT2D eigenvalue weighted by Crippen LogP contribution is -2.10. The van der Waals surface area contributed by atoms with Gasteiger partial charge in [0.05, 0.1) is 15.6 Å². The smallest absolute Gasteiger partial charge is 0.231 e. The summed E-state index contributed by atoms with van der Waals surface area (Å²) in [6.07, 6.45) is 1.77. The Balaban J connectivity index is 1.48. The van der Waals surface area contributed by atoms with Crippen molar-refractivity contribution in [2.75, 3.05) is 0 Å². The van der Waals surface area contributed by atoms with Crippen molar-refractivity contribution in [2.24, 2.45) is 0 Å². The Morgan fingerprint density at radius 1 is 0.935 bits per heavy atom. The number of carbonyl (C=O) groups is 1. The van der Waals surface area contributed by atoms with Gasteiger partial charge in [-0.3, -0.25) is 4.79 Å². The summed E-state index contributed by atoms with van der Waals surface area (Å²) in [6, 6.07) is 18.7. The number of rotatable bonds is 4. The maximum Gasteiger partial charge on any atom is 0.231 e. The van der Waals surface area contributed by atoms with E-state index in [9.17, 15) is 4.79 Å². The Hall–Kier alpha value is -2.75. The zero-order valence-corrected chi connectivity index (χ0v) is 19.1. The first-order valence-corrected chi connectivity index (χ1v) is 10.7. The quantitative estimate of drug-likeness (QED) is 0.384. The first-order chi connectivity index (χ1) is 14.7. The van der Waals surface area contributed by atoms with Gasteiger partial charge in [-0.25, -0.2) is 0 Å². The van der Waals surface area contributed by atoms with Gasteiger partial charge in [-0.15, -0.1) is 0 Å². The summed E-state index contributed by atoms with van der Waals surface area (Å²) in [5, 5.41) is 0.984. The van der Waals surface area contributed by atoms with Crippen molar-refractivity contribution >= 4 is 35.1 Å². The lowest BCUT2D eigenvalue weighted by molar-refractivity contribution is 0.101. The molecule has 5 heteroatoms. The van der Waals surface area contributed by atoms with Crippen molar-refractivity contribution < 1.29 is 14.3 Å². The summed E-state index contributed by atoms with van der Waals surface area (Å²) in [5.41, 5.74) is 3.65. The van der Waals surface area contributed by atoms with Gasteiger partial charge in [-0.2, -0.15) is 0 Å². The molecular weight excluding hydrogens is 431 g/mol. The van der Waals surface area contributed by atoms with Crippen LogP contribution in [-0.2, 0) is 12.0 Å². The molecule has 3 aromatic rings. The summed E-state index contributed by atoms with van der Waals surface area (Å²) < 4.78 is 11.7. The predicted molar refractivity (Wildman–Crippen MR) is 125 cm³/mol. The first kappa shape index (κ1) is 21.5. The summed E-state index contributed by atoms with van der Waals surface area (Å²) in [6.45, 7) is 6.83. The lowest BCUT2D eigenvalue weighted by Gasteiger charge is -2.18. The van der Waals surface area contributed by atoms with E-state index in [1.165, 1.54) is 5.56 Å². The SMILES string of the molecule is CC(C)(C)c1ccc(/C=C2\Oc3cc(OCc4ccc(Cl)c(Cl)c4)ccc3C2=O)cc1. The monoisotopic (exact) mass is 452 g/mol. The second-order valence-electron chi connectivity index (χ2n) is 8.51. The highest BCUT2D eigenvalue weighted by Crippen LogP contribution is 2.35. The number of carbonyl (C=O) groups excluding carboxylic acids is 1. The van der Waals surface area contributed by atoms with Crippen LogP contribution < -0.4 is 9.47 Å². The second kappa shape index (κ2) is 8.41. The number of hydrogen-bond donors (Lipinski definition) is 0. The Morgan fingerprint density at radius 3 is 2.35 bits per heavy atom. The van der Waals surface area contributed by atoms with Crippen LogP contribution in [0.15, 0.2) is 66.4 Å². The molecule has 0 radical (unpaired) electrons. The van der Waals surface area contributed by atoms with Gasteiger partial charge in [-0.05, 0) is 52.4 Å². The zero-order valence-electron chi connectivity index (χ0n) is 17.5. The van der Waals surface area contributed by atoms with Crippen LogP contribution in [0.2, 0.25) is 10.0 Å². The second-order valence-corrected chi connectivity index (χ2v) is 9.32. The highest BCUT2D eigenvalue weighted by Gasteiger charge is 2.27. The van der Waals surface area contributed by atoms with Crippen LogP contribution in [-0.4, -0.2) is 5.78 Å². The molecule has 0 fully saturated rings. The van der Waals surface area contributed by atoms with E-state index in [0.717, 1.165) is 11.1 Å². The third kappa shape index (κ3) is 4.79. The summed E-state index contributed by atoms with van der Waals surface area (Å²) in [4.78, 5) is 12.7. The fourth-order valence-corrected chi connectivity index (χ4v) is 3.60. The van der Waals surface area contributed by atoms with E-state index in [0.29, 0.717) is 39.5 Å². The van der Waals surface area contributed by atoms with Gasteiger partial charge in [0.15, 0.2) is 5.76 Å². The number of hydrogen-bond acceptors (Lipinski definition) is 3. The first-order valence-electron chi connectivity index (χ1n) is 9.96. The fourth-order valence-electron chi connectivity index (χ4n) is 3.28. The van der Waals surface area contributed by atoms with Crippen LogP contribution in [0, 0.1) is 0 Å². The third-order valence-corrected chi connectivity index (χ3v) is 5.84. The average molecular weight is 453 g/mol. The zero-order chi connectivity index (χ0) is 22.2. The van der Waals surface area contributed by atoms with Crippen LogP contribution in [0.25, 0.3) is 6.08 Å². The Kier molecular flexibility index (Phi) is 5.83. The molecule has 0 unspecified atom stereocenters. The average Bonchev–Trinajstić information content (AvgIpc) is 3.03. The predicted octanol–water partition coefficient (Wildman–Crippen LogP) is 7.49. The molecule has 0 bridgehead atoms. The molecule has 31 heavy (non-hydrogen) atoms. The molecule has 0 amide bonds. The van der Waals surface area contributed by atoms with E-state index >= 15 is 0 Å². The molecule has 0 spiro atoms. The molecule has 0 saturated carbocycles. The topological polar surface area (TPSA) is 35.5 Å². The highest BCUT2D eigenvalue weighted by atomic mass is 35.5. The molecule has 0 aromatic heterocycles. The normalized spacial score (nSPS) is 14.5. The molecular formula is C26H22Cl2O3. The highest BCUT2D eigenvalue weighted by molar-refractivity contribution is 6.42. The molecule has 3 aromatic carbocycles. The standard InChI is InChI=1S/C26H22Cl2O3/c1-26(2,3)18-7-4-16(5-8-18)13-24-25(29)20-10-9-19(14-23(20)31-24)30-15-17-6-11-21(27)22(28)12-17/h4-14H,15H2,1-3H3/b24-13-. The molecule has 0 N–H and O–H groups in total. The van der Waals surface area contributed by atoms with Crippen molar-refractivity contribution in [1.82, 2.24) is 0 Å². The summed E-state index contributed by atoms with van der Waals surface area (Å²) >= 11 is 12.0. The molecule has 0 aliphatic carbocycles. The Labute approximate surface area is 192 Å². The minimum atomic E-state index is -0.133. The van der Waals surface area contributed by atoms with Gasteiger partial charge in [0.2, 0.25) is 5.78 Å². The Bertz CT molecular complexity index is 1170. The maximum absolute atomic E-state index is 12.7. The number of fused-ring (bicyclic) bond motifs is 1. The molecule has 4 rings (SSSR count). The number of ether oxygens (including phenoxy) is 2. The van der Waals surface area contributed by atoms with E-state index < -0.39 is 0 Å². The van der Waals surface area contributed by atoms with Crippen molar-refractivity contribution in [2.45, 2.75) is 32.8 Å². The lowest BCUT2D eigenvalue weighted by atomic mass is 9.86. The fraction of sp³-hybridized carbons (Fsp3) is 0.192. The number of halogens is 2. The van der Waals surface area contributed by atoms with E-state index in [-0.39, 0.29) is 11.2 Å². The molecule has 0 atom stereocenters. The van der Waals surface area contributed by atoms with Crippen LogP contribution in [0.1, 0.15) is 47.8 Å². The summed E-state index contributed by atoms with van der Waals surface area (Å²) in [5.74, 6) is 1.27. The number of benzene rings is 3. The number of Topliss-reactive ketones (excluding diaryl/α,β-unsaturated/α-hetero) is 1. The van der Waals surface area contributed by atoms with Crippen molar-refractivity contribution in [3.8, 4) is 11.5 Å². The Morgan fingerprint density at radius 2 is 1.68 bits per heavy atom. The number of ketones is 1. The third-order valence-electron chi connectivity index (χ3n) is 5.11. The van der Waals surface area contributed by atoms with Crippen molar-refractivity contribution in [3.63, 3.8) is 0 Å². The number of allylic oxidation sites excluding steroid dienone is 1. The van der Waals surface area contributed by atoms with Gasteiger partial charge in [0, 0.05) is 6.07 Å². The van der Waals surface area contributed by atoms with Crippen LogP contribution in [0.4, 0.5) is 0 Å². The van der Waals surface area contributed by atoms with Gasteiger partial charge in [-0.1, -0.05) is 74.3 Å². The molecule has 1 aliphatic heterocycles. The van der Waals surface area contributed by atoms with Gasteiger partial charge >= 0.3 is 0 Å². The minimum Gasteiger partial charge on any atom is -0.489 e. The van der Waals surface area contributed by atoms with E-state index in [1.54, 1.807) is 36.4 Å². The molecule has 3 nitrogen and oxygen atoms in total. The van der Waals surface area contributed by atoms with E-state index in [2.05, 4.69) is 32.9 Å². The molecule has 1 aliphatic rings. The van der Waals surface area contributed by atoms with Crippen molar-refractivity contribution in [1.29, 1.82) is 0 Å². The van der Waals surface area contributed by atoms with Crippen LogP contribution >= 0.6 is 23.2 Å². The molecule has 1 heterocycles. The van der Waals surface area contributed by atoms with Gasteiger partial charge < -0.3 is 9.47 Å². The molecule has 158 valence electrons. The maximum atomic E-state index is 12.7. The van der Waals surface area contributed by atoms with Crippen LogP contribution in [0.5, 0.6) is 11.5 Å². The van der Waals surface area contributed by atoms with Gasteiger partial charge in [0.1, 0.15) is 18.1 Å². The van der Waals surface area contributed by atoms with Crippen molar-refractivity contribution in [3.05, 3.63) is 98.7 Å². The summed E-state index contributed by atoms with van der Waals surface area (Å²) in [7, 11) is 0. The minimum absolute atomic E-state index is 0.0787. The van der Waals surface area contributed by atoms with Crippen LogP contribution in [0.3, 0.4) is 0 Å². The van der Waals surface area contributed by atoms with E-state index in [4.69, 9.17) is 32.7 Å². The van der Waals surface area contributed by atoms with Gasteiger partial charge in [0.25, 0.3) is 0 Å². The van der Waals surface area contributed by atoms with E-state index in [1.807, 2.05) is 18.2 Å². The largest absolute Gasteiger partial charge is 0.489 e. The molecule has 0 saturated heterocycles.